The summed E-state index contributed by atoms with van der Waals surface area (Å²) in [5.41, 5.74) is 4.63. The van der Waals surface area contributed by atoms with E-state index in [1.54, 1.807) is 0 Å². The number of aliphatic imine (C=N–C) groups is 2. The van der Waals surface area contributed by atoms with E-state index in [0.717, 1.165) is 36.0 Å². The number of hydrogen-bond donors (Lipinski definition) is 1. The molecule has 2 aliphatic rings. The lowest BCUT2D eigenvalue weighted by molar-refractivity contribution is 0.396. The summed E-state index contributed by atoms with van der Waals surface area (Å²) in [6.07, 6.45) is 17.5. The Balaban J connectivity index is 0.000000538. The van der Waals surface area contributed by atoms with Crippen molar-refractivity contribution in [3.05, 3.63) is 70.5 Å². The van der Waals surface area contributed by atoms with Gasteiger partial charge < -0.3 is 5.32 Å². The highest BCUT2D eigenvalue weighted by Gasteiger charge is 2.24. The van der Waals surface area contributed by atoms with Crippen LogP contribution in [0.3, 0.4) is 0 Å². The molecule has 0 aliphatic heterocycles. The number of rotatable bonds is 13. The minimum Gasteiger partial charge on any atom is -0.368 e. The van der Waals surface area contributed by atoms with Crippen LogP contribution in [0.15, 0.2) is 75.0 Å². The Morgan fingerprint density at radius 2 is 1.66 bits per heavy atom. The molecular weight excluding hydrogens is 522 g/mol. The van der Waals surface area contributed by atoms with Gasteiger partial charge >= 0.3 is 0 Å². The van der Waals surface area contributed by atoms with Crippen LogP contribution >= 0.6 is 11.6 Å². The first kappa shape index (κ1) is 36.9. The summed E-state index contributed by atoms with van der Waals surface area (Å²) in [6, 6.07) is 11.5. The van der Waals surface area contributed by atoms with Gasteiger partial charge in [-0.1, -0.05) is 120 Å². The quantitative estimate of drug-likeness (QED) is 0.231. The molecule has 2 atom stereocenters. The van der Waals surface area contributed by atoms with Gasteiger partial charge in [0.2, 0.25) is 0 Å². The number of halogens is 1. The molecule has 0 bridgehead atoms. The highest BCUT2D eigenvalue weighted by atomic mass is 35.5. The summed E-state index contributed by atoms with van der Waals surface area (Å²) in [4.78, 5) is 9.61. The van der Waals surface area contributed by atoms with Crippen LogP contribution < -0.4 is 5.32 Å². The van der Waals surface area contributed by atoms with Crippen LogP contribution in [0.1, 0.15) is 125 Å². The van der Waals surface area contributed by atoms with E-state index in [1.165, 1.54) is 68.9 Å². The molecule has 3 nitrogen and oxygen atoms in total. The van der Waals surface area contributed by atoms with E-state index in [2.05, 4.69) is 76.8 Å². The summed E-state index contributed by atoms with van der Waals surface area (Å²) >= 11 is 6.62. The summed E-state index contributed by atoms with van der Waals surface area (Å²) in [6.45, 7) is 21.2. The second kappa shape index (κ2) is 21.6. The lowest BCUT2D eigenvalue weighted by Gasteiger charge is -2.24. The van der Waals surface area contributed by atoms with Gasteiger partial charge in [-0.25, -0.2) is 4.99 Å². The van der Waals surface area contributed by atoms with Crippen LogP contribution in [0.25, 0.3) is 0 Å². The molecule has 0 heterocycles. The molecular formula is C37H60ClN3. The summed E-state index contributed by atoms with van der Waals surface area (Å²) in [7, 11) is 0. The second-order valence-corrected chi connectivity index (χ2v) is 12.0. The minimum atomic E-state index is 0.290. The predicted octanol–water partition coefficient (Wildman–Crippen LogP) is 11.3. The van der Waals surface area contributed by atoms with E-state index in [1.807, 2.05) is 33.1 Å². The lowest BCUT2D eigenvalue weighted by atomic mass is 9.95. The standard InChI is InChI=1S/C24H38ClN3.C11H16.C2H6/c1-6-18(4)26-16-22(17(3)15-20-13-14-20)24(23(25)7-2)28-19(5)27-21-11-9-8-10-12-21;1-3-10(2)9-11-7-5-4-6-8-11;1-2/h7,16,18,20-21,27H,5-6,8-15H2,1-4H3;4-8,10H,3,9H2,1-2H3;1-2H3/b22-17-,23-7+,26-16?,28-24-;;/t;10-;/m.0./s1. The molecule has 1 aromatic carbocycles. The molecule has 1 aromatic rings. The van der Waals surface area contributed by atoms with Gasteiger partial charge in [-0.05, 0) is 83.1 Å². The van der Waals surface area contributed by atoms with E-state index in [0.29, 0.717) is 16.9 Å². The highest BCUT2D eigenvalue weighted by Crippen LogP contribution is 2.36. The third-order valence-corrected chi connectivity index (χ3v) is 8.28. The molecule has 4 heteroatoms. The fraction of sp³-hybridized carbons (Fsp3) is 0.622. The maximum absolute atomic E-state index is 6.62. The van der Waals surface area contributed by atoms with Crippen molar-refractivity contribution in [2.24, 2.45) is 21.8 Å². The van der Waals surface area contributed by atoms with Gasteiger partial charge in [0.1, 0.15) is 5.82 Å². The highest BCUT2D eigenvalue weighted by molar-refractivity contribution is 6.48. The Hall–Kier alpha value is -2.13. The number of hydrogen-bond acceptors (Lipinski definition) is 3. The first-order chi connectivity index (χ1) is 19.8. The molecule has 2 saturated carbocycles. The molecule has 230 valence electrons. The van der Waals surface area contributed by atoms with Crippen molar-refractivity contribution < 1.29 is 0 Å². The summed E-state index contributed by atoms with van der Waals surface area (Å²) in [5, 5.41) is 4.18. The van der Waals surface area contributed by atoms with E-state index in [9.17, 15) is 0 Å². The Labute approximate surface area is 258 Å². The van der Waals surface area contributed by atoms with E-state index in [4.69, 9.17) is 21.6 Å². The zero-order valence-corrected chi connectivity index (χ0v) is 28.4. The molecule has 1 N–H and O–H groups in total. The number of allylic oxidation sites excluding steroid dienone is 4. The predicted molar refractivity (Wildman–Crippen MR) is 185 cm³/mol. The van der Waals surface area contributed by atoms with Crippen molar-refractivity contribution in [2.45, 2.75) is 138 Å². The molecule has 2 fully saturated rings. The molecule has 0 saturated heterocycles. The number of benzene rings is 1. The largest absolute Gasteiger partial charge is 0.368 e. The summed E-state index contributed by atoms with van der Waals surface area (Å²) in [5.74, 6) is 2.33. The van der Waals surface area contributed by atoms with Gasteiger partial charge in [-0.2, -0.15) is 0 Å². The van der Waals surface area contributed by atoms with Gasteiger partial charge in [-0.15, -0.1) is 0 Å². The van der Waals surface area contributed by atoms with Crippen molar-refractivity contribution in [2.75, 3.05) is 0 Å². The smallest absolute Gasteiger partial charge is 0.119 e. The van der Waals surface area contributed by atoms with Gasteiger partial charge in [0, 0.05) is 23.9 Å². The first-order valence-electron chi connectivity index (χ1n) is 16.4. The minimum absolute atomic E-state index is 0.290. The normalized spacial score (nSPS) is 18.4. The fourth-order valence-electron chi connectivity index (χ4n) is 4.74. The van der Waals surface area contributed by atoms with Crippen LogP contribution in [0.4, 0.5) is 0 Å². The third kappa shape index (κ3) is 15.6. The molecule has 0 radical (unpaired) electrons. The number of nitrogens with one attached hydrogen (secondary N) is 1. The van der Waals surface area contributed by atoms with Crippen LogP contribution in [-0.2, 0) is 6.42 Å². The van der Waals surface area contributed by atoms with Crippen LogP contribution in [0.5, 0.6) is 0 Å². The van der Waals surface area contributed by atoms with E-state index >= 15 is 0 Å². The Kier molecular flexibility index (Phi) is 19.4. The second-order valence-electron chi connectivity index (χ2n) is 11.6. The van der Waals surface area contributed by atoms with Crippen molar-refractivity contribution >= 4 is 23.5 Å². The molecule has 1 unspecified atom stereocenters. The van der Waals surface area contributed by atoms with Crippen molar-refractivity contribution in [3.63, 3.8) is 0 Å². The fourth-order valence-corrected chi connectivity index (χ4v) is 4.88. The maximum atomic E-state index is 6.62. The molecule has 2 aliphatic carbocycles. The zero-order chi connectivity index (χ0) is 30.6. The van der Waals surface area contributed by atoms with Crippen LogP contribution in [0.2, 0.25) is 0 Å². The van der Waals surface area contributed by atoms with Gasteiger partial charge in [0.05, 0.1) is 10.7 Å². The van der Waals surface area contributed by atoms with Gasteiger partial charge in [0.25, 0.3) is 0 Å². The first-order valence-corrected chi connectivity index (χ1v) is 16.8. The van der Waals surface area contributed by atoms with Gasteiger partial charge in [-0.3, -0.25) is 4.99 Å². The van der Waals surface area contributed by atoms with Crippen molar-refractivity contribution in [1.82, 2.24) is 5.32 Å². The monoisotopic (exact) mass is 581 g/mol. The third-order valence-electron chi connectivity index (χ3n) is 7.88. The van der Waals surface area contributed by atoms with Crippen molar-refractivity contribution in [1.29, 1.82) is 0 Å². The average molecular weight is 582 g/mol. The van der Waals surface area contributed by atoms with Crippen LogP contribution in [-0.4, -0.2) is 24.0 Å². The number of nitrogens with zero attached hydrogens (tertiary/aromatic N) is 2. The Morgan fingerprint density at radius 3 is 2.20 bits per heavy atom. The summed E-state index contributed by atoms with van der Waals surface area (Å²) < 4.78 is 0. The Bertz CT molecular complexity index is 979. The zero-order valence-electron chi connectivity index (χ0n) is 27.6. The van der Waals surface area contributed by atoms with Gasteiger partial charge in [0.15, 0.2) is 0 Å². The molecule has 41 heavy (non-hydrogen) atoms. The van der Waals surface area contributed by atoms with E-state index in [-0.39, 0.29) is 6.04 Å². The van der Waals surface area contributed by atoms with Crippen molar-refractivity contribution in [3.8, 4) is 0 Å². The molecule has 3 rings (SSSR count). The molecule has 0 amide bonds. The maximum Gasteiger partial charge on any atom is 0.119 e. The molecule has 0 spiro atoms. The van der Waals surface area contributed by atoms with E-state index < -0.39 is 0 Å². The lowest BCUT2D eigenvalue weighted by Crippen LogP contribution is -2.30. The Morgan fingerprint density at radius 1 is 1.02 bits per heavy atom. The van der Waals surface area contributed by atoms with Crippen LogP contribution in [0, 0.1) is 11.8 Å². The SMILES string of the molecule is C=C(/N=C(C(/C=NC(C)CC)=C(/C)CC1CC1)\C(Cl)=C/C)NC1CCCCC1.CC.CC[C@H](C)Cc1ccccc1. The topological polar surface area (TPSA) is 36.8 Å². The average Bonchev–Trinajstić information content (AvgIpc) is 3.82. The molecule has 0 aromatic heterocycles.